The molecule has 1 saturated carbocycles. The van der Waals surface area contributed by atoms with E-state index in [9.17, 15) is 5.11 Å². The summed E-state index contributed by atoms with van der Waals surface area (Å²) in [6.07, 6.45) is -3.64. The lowest BCUT2D eigenvalue weighted by molar-refractivity contribution is -0.240. The summed E-state index contributed by atoms with van der Waals surface area (Å²) in [5.41, 5.74) is 0. The van der Waals surface area contributed by atoms with Crippen LogP contribution in [0.5, 0.6) is 0 Å². The van der Waals surface area contributed by atoms with E-state index in [4.69, 9.17) is 28.4 Å². The molecule has 0 aromatic rings. The maximum atomic E-state index is 10.7. The molecule has 0 aromatic heterocycles. The summed E-state index contributed by atoms with van der Waals surface area (Å²) in [6, 6.07) is 0. The van der Waals surface area contributed by atoms with Gasteiger partial charge in [0, 0.05) is 6.61 Å². The average Bonchev–Trinajstić information content (AvgIpc) is 2.91. The maximum Gasteiger partial charge on any atom is 0.164 e. The lowest BCUT2D eigenvalue weighted by Gasteiger charge is -2.41. The molecule has 5 unspecified atom stereocenters. The maximum absolute atomic E-state index is 10.7. The summed E-state index contributed by atoms with van der Waals surface area (Å²) in [7, 11) is 0. The predicted molar refractivity (Wildman–Crippen MR) is 79.6 cm³/mol. The van der Waals surface area contributed by atoms with Gasteiger partial charge in [0.1, 0.15) is 36.6 Å². The first kappa shape index (κ1) is 17.5. The van der Waals surface area contributed by atoms with Crippen molar-refractivity contribution in [3.8, 4) is 0 Å². The first-order valence-corrected chi connectivity index (χ1v) is 8.30. The van der Waals surface area contributed by atoms with E-state index in [2.05, 4.69) is 0 Å². The first-order valence-electron chi connectivity index (χ1n) is 8.30. The van der Waals surface area contributed by atoms with E-state index in [-0.39, 0.29) is 0 Å². The van der Waals surface area contributed by atoms with Crippen molar-refractivity contribution in [3.63, 3.8) is 0 Å². The van der Waals surface area contributed by atoms with Crippen molar-refractivity contribution in [2.45, 2.75) is 96.0 Å². The van der Waals surface area contributed by atoms with Gasteiger partial charge < -0.3 is 33.5 Å². The molecule has 2 saturated heterocycles. The molecule has 7 nitrogen and oxygen atoms in total. The third-order valence-corrected chi connectivity index (χ3v) is 4.40. The zero-order valence-electron chi connectivity index (χ0n) is 14.6. The third-order valence-electron chi connectivity index (χ3n) is 4.40. The van der Waals surface area contributed by atoms with Crippen LogP contribution >= 0.6 is 0 Å². The Kier molecular flexibility index (Phi) is 4.51. The van der Waals surface area contributed by atoms with Crippen molar-refractivity contribution in [2.24, 2.45) is 0 Å². The molecule has 3 aliphatic rings. The standard InChI is InChI=1S/C16H28O7/c1-7-18-8(2)19-12-13-10(20-15(3,4)22-13)9(17)11-14(12)23-16(5,6)21-11/h8-14,17H,7H2,1-6H3/t8?,9?,10-,11?,12?,13?,14+/m0/s1. The summed E-state index contributed by atoms with van der Waals surface area (Å²) >= 11 is 0. The number of aliphatic hydroxyl groups is 1. The van der Waals surface area contributed by atoms with E-state index in [1.807, 2.05) is 41.5 Å². The van der Waals surface area contributed by atoms with Gasteiger partial charge in [-0.15, -0.1) is 0 Å². The second-order valence-corrected chi connectivity index (χ2v) is 7.24. The largest absolute Gasteiger partial charge is 0.387 e. The van der Waals surface area contributed by atoms with Crippen molar-refractivity contribution in [2.75, 3.05) is 6.61 Å². The van der Waals surface area contributed by atoms with Gasteiger partial charge in [-0.1, -0.05) is 0 Å². The summed E-state index contributed by atoms with van der Waals surface area (Å²) in [6.45, 7) is 11.6. The molecule has 3 rings (SSSR count). The minimum Gasteiger partial charge on any atom is -0.387 e. The van der Waals surface area contributed by atoms with Crippen LogP contribution in [0.2, 0.25) is 0 Å². The van der Waals surface area contributed by atoms with Crippen LogP contribution in [0.25, 0.3) is 0 Å². The number of hydrogen-bond donors (Lipinski definition) is 1. The molecule has 134 valence electrons. The molecule has 7 heteroatoms. The Labute approximate surface area is 137 Å². The zero-order chi connectivity index (χ0) is 17.0. The van der Waals surface area contributed by atoms with E-state index in [0.29, 0.717) is 6.61 Å². The van der Waals surface area contributed by atoms with Gasteiger partial charge in [0.15, 0.2) is 17.9 Å². The molecule has 1 aliphatic carbocycles. The second kappa shape index (κ2) is 5.91. The highest BCUT2D eigenvalue weighted by atomic mass is 16.8. The SMILES string of the molecule is CCOC(C)OC1C2OC(C)(C)O[C@H]2C(O)C2OC(C)(C)O[C@H]21. The number of ether oxygens (including phenoxy) is 6. The lowest BCUT2D eigenvalue weighted by atomic mass is 9.85. The van der Waals surface area contributed by atoms with Crippen molar-refractivity contribution in [1.29, 1.82) is 0 Å². The Morgan fingerprint density at radius 1 is 0.913 bits per heavy atom. The summed E-state index contributed by atoms with van der Waals surface area (Å²) < 4.78 is 35.3. The van der Waals surface area contributed by atoms with Crippen LogP contribution in [0.3, 0.4) is 0 Å². The van der Waals surface area contributed by atoms with Crippen molar-refractivity contribution in [1.82, 2.24) is 0 Å². The smallest absolute Gasteiger partial charge is 0.164 e. The van der Waals surface area contributed by atoms with E-state index in [1.54, 1.807) is 0 Å². The molecular weight excluding hydrogens is 304 g/mol. The van der Waals surface area contributed by atoms with Gasteiger partial charge in [0.25, 0.3) is 0 Å². The van der Waals surface area contributed by atoms with Crippen LogP contribution < -0.4 is 0 Å². The van der Waals surface area contributed by atoms with E-state index >= 15 is 0 Å². The average molecular weight is 332 g/mol. The molecule has 3 fully saturated rings. The topological polar surface area (TPSA) is 75.6 Å². The summed E-state index contributed by atoms with van der Waals surface area (Å²) in [5, 5.41) is 10.7. The number of aliphatic hydroxyl groups excluding tert-OH is 1. The minimum atomic E-state index is -0.837. The molecule has 7 atom stereocenters. The van der Waals surface area contributed by atoms with Gasteiger partial charge in [0.2, 0.25) is 0 Å². The first-order chi connectivity index (χ1) is 10.6. The quantitative estimate of drug-likeness (QED) is 0.775. The highest BCUT2D eigenvalue weighted by Crippen LogP contribution is 2.45. The van der Waals surface area contributed by atoms with Crippen molar-refractivity contribution < 1.29 is 33.5 Å². The van der Waals surface area contributed by atoms with Crippen molar-refractivity contribution in [3.05, 3.63) is 0 Å². The molecule has 0 spiro atoms. The molecule has 0 aromatic carbocycles. The highest BCUT2D eigenvalue weighted by molar-refractivity contribution is 5.08. The molecule has 0 amide bonds. The molecule has 2 heterocycles. The Morgan fingerprint density at radius 2 is 1.35 bits per heavy atom. The number of hydrogen-bond acceptors (Lipinski definition) is 7. The molecular formula is C16H28O7. The Morgan fingerprint density at radius 3 is 1.78 bits per heavy atom. The fraction of sp³-hybridized carbons (Fsp3) is 1.00. The molecule has 0 radical (unpaired) electrons. The van der Waals surface area contributed by atoms with E-state index < -0.39 is 54.5 Å². The summed E-state index contributed by atoms with van der Waals surface area (Å²) in [5.74, 6) is -1.58. The van der Waals surface area contributed by atoms with Gasteiger partial charge in [-0.05, 0) is 41.5 Å². The normalized spacial score (nSPS) is 45.5. The molecule has 1 N–H and O–H groups in total. The number of fused-ring (bicyclic) bond motifs is 2. The van der Waals surface area contributed by atoms with Gasteiger partial charge in [0.05, 0.1) is 0 Å². The van der Waals surface area contributed by atoms with Crippen LogP contribution in [0.1, 0.15) is 41.5 Å². The number of rotatable bonds is 4. The third kappa shape index (κ3) is 3.28. The zero-order valence-corrected chi connectivity index (χ0v) is 14.6. The van der Waals surface area contributed by atoms with Crippen LogP contribution in [-0.2, 0) is 28.4 Å². The molecule has 0 bridgehead atoms. The van der Waals surface area contributed by atoms with Gasteiger partial charge in [-0.2, -0.15) is 0 Å². The molecule has 23 heavy (non-hydrogen) atoms. The lowest BCUT2D eigenvalue weighted by Crippen LogP contribution is -2.62. The predicted octanol–water partition coefficient (Wildman–Crippen LogP) is 1.17. The Bertz CT molecular complexity index is 406. The van der Waals surface area contributed by atoms with Crippen LogP contribution in [0.4, 0.5) is 0 Å². The van der Waals surface area contributed by atoms with Crippen LogP contribution in [-0.4, -0.2) is 66.2 Å². The van der Waals surface area contributed by atoms with Crippen LogP contribution in [0.15, 0.2) is 0 Å². The Balaban J connectivity index is 1.86. The fourth-order valence-corrected chi connectivity index (χ4v) is 3.69. The fourth-order valence-electron chi connectivity index (χ4n) is 3.69. The van der Waals surface area contributed by atoms with Gasteiger partial charge in [-0.3, -0.25) is 0 Å². The van der Waals surface area contributed by atoms with Gasteiger partial charge >= 0.3 is 0 Å². The van der Waals surface area contributed by atoms with E-state index in [1.165, 1.54) is 0 Å². The van der Waals surface area contributed by atoms with Crippen LogP contribution in [0, 0.1) is 0 Å². The van der Waals surface area contributed by atoms with Crippen molar-refractivity contribution >= 4 is 0 Å². The van der Waals surface area contributed by atoms with E-state index in [0.717, 1.165) is 0 Å². The minimum absolute atomic E-state index is 0.416. The van der Waals surface area contributed by atoms with Gasteiger partial charge in [-0.25, -0.2) is 0 Å². The molecule has 2 aliphatic heterocycles. The highest BCUT2D eigenvalue weighted by Gasteiger charge is 2.63. The summed E-state index contributed by atoms with van der Waals surface area (Å²) in [4.78, 5) is 0. The second-order valence-electron chi connectivity index (χ2n) is 7.24. The Hall–Kier alpha value is -0.280. The monoisotopic (exact) mass is 332 g/mol.